The summed E-state index contributed by atoms with van der Waals surface area (Å²) < 4.78 is 0. The van der Waals surface area contributed by atoms with Gasteiger partial charge < -0.3 is 15.3 Å². The van der Waals surface area contributed by atoms with Gasteiger partial charge in [0.25, 0.3) is 0 Å². The van der Waals surface area contributed by atoms with Crippen molar-refractivity contribution in [2.45, 2.75) is 112 Å². The molecule has 4 fully saturated rings. The van der Waals surface area contributed by atoms with Crippen LogP contribution in [0.5, 0.6) is 0 Å². The minimum atomic E-state index is -0.630. The van der Waals surface area contributed by atoms with E-state index in [1.54, 1.807) is 5.57 Å². The molecule has 3 heteroatoms. The van der Waals surface area contributed by atoms with Crippen molar-refractivity contribution in [1.82, 2.24) is 0 Å². The predicted molar refractivity (Wildman–Crippen MR) is 133 cm³/mol. The molecule has 5 aliphatic carbocycles. The number of aliphatic hydroxyl groups excluding tert-OH is 3. The summed E-state index contributed by atoms with van der Waals surface area (Å²) in [6.07, 6.45) is 10.3. The lowest BCUT2D eigenvalue weighted by molar-refractivity contribution is -0.232. The van der Waals surface area contributed by atoms with Crippen LogP contribution in [0.15, 0.2) is 11.6 Å². The van der Waals surface area contributed by atoms with E-state index < -0.39 is 12.2 Å². The first kappa shape index (κ1) is 24.3. The van der Waals surface area contributed by atoms with E-state index in [1.807, 2.05) is 0 Å². The van der Waals surface area contributed by atoms with Gasteiger partial charge in [-0.15, -0.1) is 0 Å². The number of rotatable bonds is 1. The van der Waals surface area contributed by atoms with E-state index in [2.05, 4.69) is 54.5 Å². The lowest BCUT2D eigenvalue weighted by atomic mass is 9.33. The van der Waals surface area contributed by atoms with Crippen molar-refractivity contribution >= 4 is 0 Å². The van der Waals surface area contributed by atoms with E-state index in [9.17, 15) is 15.3 Å². The first-order valence-corrected chi connectivity index (χ1v) is 14.0. The van der Waals surface area contributed by atoms with Crippen molar-refractivity contribution in [2.75, 3.05) is 6.61 Å². The fraction of sp³-hybridized carbons (Fsp3) is 0.933. The van der Waals surface area contributed by atoms with Gasteiger partial charge in [0.2, 0.25) is 0 Å². The summed E-state index contributed by atoms with van der Waals surface area (Å²) in [6, 6.07) is 0. The third kappa shape index (κ3) is 2.85. The fourth-order valence-corrected chi connectivity index (χ4v) is 11.0. The molecule has 3 nitrogen and oxygen atoms in total. The molecular weight excluding hydrogens is 408 g/mol. The highest BCUT2D eigenvalue weighted by Gasteiger charge is 2.69. The maximum atomic E-state index is 11.0. The maximum absolute atomic E-state index is 11.0. The van der Waals surface area contributed by atoms with Gasteiger partial charge in [-0.1, -0.05) is 60.1 Å². The van der Waals surface area contributed by atoms with Crippen molar-refractivity contribution < 1.29 is 15.3 Å². The molecule has 0 aromatic carbocycles. The van der Waals surface area contributed by atoms with Gasteiger partial charge in [-0.2, -0.15) is 0 Å². The van der Waals surface area contributed by atoms with Crippen LogP contribution in [0.2, 0.25) is 0 Å². The van der Waals surface area contributed by atoms with Crippen molar-refractivity contribution in [3.05, 3.63) is 11.6 Å². The van der Waals surface area contributed by atoms with Gasteiger partial charge in [-0.3, -0.25) is 0 Å². The Morgan fingerprint density at radius 2 is 1.61 bits per heavy atom. The highest BCUT2D eigenvalue weighted by molar-refractivity contribution is 5.34. The van der Waals surface area contributed by atoms with Crippen LogP contribution < -0.4 is 0 Å². The smallest absolute Gasteiger partial charge is 0.0852 e. The van der Waals surface area contributed by atoms with Gasteiger partial charge in [-0.25, -0.2) is 0 Å². The van der Waals surface area contributed by atoms with Crippen LogP contribution in [0.25, 0.3) is 0 Å². The Bertz CT molecular complexity index is 832. The molecule has 11 atom stereocenters. The first-order chi connectivity index (χ1) is 15.3. The topological polar surface area (TPSA) is 60.7 Å². The largest absolute Gasteiger partial charge is 0.396 e. The van der Waals surface area contributed by atoms with Crippen molar-refractivity contribution in [3.8, 4) is 0 Å². The van der Waals surface area contributed by atoms with Crippen LogP contribution in [0.3, 0.4) is 0 Å². The number of hydrogen-bond donors (Lipinski definition) is 3. The lowest BCUT2D eigenvalue weighted by Crippen LogP contribution is -2.67. The molecule has 0 unspecified atom stereocenters. The number of fused-ring (bicyclic) bond motifs is 7. The normalized spacial score (nSPS) is 57.8. The average Bonchev–Trinajstić information content (AvgIpc) is 2.75. The van der Waals surface area contributed by atoms with E-state index in [-0.39, 0.29) is 27.1 Å². The standard InChI is InChI=1S/C30H50O3/c1-18-10-13-30(17-31)15-14-28(6)20(24(30)19(18)2)8-9-23-27(5)16-21(32)25(33)26(3,4)22(27)11-12-29(23,28)7/h8,18-19,21-25,31-33H,9-17H2,1-7H3/t18-,19+,21-,22-,23-,24+,25-,27-,28+,29+,30+/m0/s1. The Labute approximate surface area is 202 Å². The Morgan fingerprint density at radius 3 is 2.27 bits per heavy atom. The molecule has 0 amide bonds. The lowest BCUT2D eigenvalue weighted by Gasteiger charge is -2.72. The van der Waals surface area contributed by atoms with Crippen LogP contribution >= 0.6 is 0 Å². The summed E-state index contributed by atoms with van der Waals surface area (Å²) >= 11 is 0. The zero-order valence-corrected chi connectivity index (χ0v) is 22.3. The number of allylic oxidation sites excluding steroid dienone is 2. The van der Waals surface area contributed by atoms with Crippen LogP contribution in [-0.2, 0) is 0 Å². The minimum Gasteiger partial charge on any atom is -0.396 e. The Hall–Kier alpha value is -0.380. The molecule has 33 heavy (non-hydrogen) atoms. The van der Waals surface area contributed by atoms with E-state index >= 15 is 0 Å². The highest BCUT2D eigenvalue weighted by atomic mass is 16.3. The van der Waals surface area contributed by atoms with Crippen molar-refractivity contribution in [2.24, 2.45) is 56.7 Å². The first-order valence-electron chi connectivity index (χ1n) is 14.0. The molecule has 0 saturated heterocycles. The van der Waals surface area contributed by atoms with Gasteiger partial charge in [0.05, 0.1) is 12.2 Å². The summed E-state index contributed by atoms with van der Waals surface area (Å²) in [6.45, 7) is 17.2. The summed E-state index contributed by atoms with van der Waals surface area (Å²) in [5.74, 6) is 2.80. The molecule has 0 aromatic heterocycles. The number of hydrogen-bond acceptors (Lipinski definition) is 3. The molecule has 0 aromatic rings. The highest BCUT2D eigenvalue weighted by Crippen LogP contribution is 2.75. The number of aliphatic hydroxyl groups is 3. The fourth-order valence-electron chi connectivity index (χ4n) is 11.0. The summed E-state index contributed by atoms with van der Waals surface area (Å²) in [5, 5.41) is 32.6. The third-order valence-electron chi connectivity index (χ3n) is 13.4. The van der Waals surface area contributed by atoms with Crippen LogP contribution in [-0.4, -0.2) is 34.1 Å². The second-order valence-electron chi connectivity index (χ2n) is 14.7. The van der Waals surface area contributed by atoms with E-state index in [1.165, 1.54) is 25.7 Å². The van der Waals surface area contributed by atoms with E-state index in [0.717, 1.165) is 25.7 Å². The molecule has 5 aliphatic rings. The maximum Gasteiger partial charge on any atom is 0.0852 e. The van der Waals surface area contributed by atoms with E-state index in [0.29, 0.717) is 36.2 Å². The molecule has 0 bridgehead atoms. The second kappa shape index (κ2) is 7.32. The Morgan fingerprint density at radius 1 is 0.909 bits per heavy atom. The molecule has 0 spiro atoms. The SMILES string of the molecule is C[C@@H]1[C@@H](C)CC[C@]2(CO)CC[C@]3(C)C(=CC[C@H]4[C@@]5(C)C[C@H](O)[C@H](O)C(C)(C)[C@@H]5CC[C@]43C)[C@@H]12. The Balaban J connectivity index is 1.60. The van der Waals surface area contributed by atoms with Crippen molar-refractivity contribution in [3.63, 3.8) is 0 Å². The molecule has 3 N–H and O–H groups in total. The molecule has 0 heterocycles. The zero-order chi connectivity index (χ0) is 24.2. The van der Waals surface area contributed by atoms with Crippen molar-refractivity contribution in [1.29, 1.82) is 0 Å². The predicted octanol–water partition coefficient (Wildman–Crippen LogP) is 5.97. The van der Waals surface area contributed by atoms with Crippen LogP contribution in [0, 0.1) is 56.7 Å². The van der Waals surface area contributed by atoms with Gasteiger partial charge in [0, 0.05) is 12.0 Å². The van der Waals surface area contributed by atoms with Gasteiger partial charge in [-0.05, 0) is 103 Å². The molecule has 0 radical (unpaired) electrons. The molecule has 188 valence electrons. The molecular formula is C30H50O3. The molecule has 0 aliphatic heterocycles. The summed E-state index contributed by atoms with van der Waals surface area (Å²) in [7, 11) is 0. The monoisotopic (exact) mass is 458 g/mol. The zero-order valence-electron chi connectivity index (χ0n) is 22.3. The second-order valence-corrected chi connectivity index (χ2v) is 14.7. The Kier molecular flexibility index (Phi) is 5.40. The summed E-state index contributed by atoms with van der Waals surface area (Å²) in [4.78, 5) is 0. The van der Waals surface area contributed by atoms with E-state index in [4.69, 9.17) is 0 Å². The van der Waals surface area contributed by atoms with Gasteiger partial charge in [0.15, 0.2) is 0 Å². The molecule has 4 saturated carbocycles. The summed E-state index contributed by atoms with van der Waals surface area (Å²) in [5.41, 5.74) is 1.89. The quantitative estimate of drug-likeness (QED) is 0.424. The molecule has 5 rings (SSSR count). The van der Waals surface area contributed by atoms with Crippen LogP contribution in [0.4, 0.5) is 0 Å². The van der Waals surface area contributed by atoms with Gasteiger partial charge >= 0.3 is 0 Å². The van der Waals surface area contributed by atoms with Gasteiger partial charge in [0.1, 0.15) is 0 Å². The third-order valence-corrected chi connectivity index (χ3v) is 13.4. The van der Waals surface area contributed by atoms with Crippen LogP contribution in [0.1, 0.15) is 99.8 Å². The average molecular weight is 459 g/mol. The minimum absolute atomic E-state index is 0.0389.